The molecule has 0 saturated heterocycles. The van der Waals surface area contributed by atoms with Crippen LogP contribution in [0.4, 0.5) is 0 Å². The first-order valence-electron chi connectivity index (χ1n) is 7.13. The number of rotatable bonds is 4. The van der Waals surface area contributed by atoms with Crippen LogP contribution in [0.25, 0.3) is 0 Å². The number of hydrogen-bond acceptors (Lipinski definition) is 6. The summed E-state index contributed by atoms with van der Waals surface area (Å²) in [5.74, 6) is 0.0868. The van der Waals surface area contributed by atoms with E-state index in [0.717, 1.165) is 24.0 Å². The average molecular weight is 303 g/mol. The molecule has 3 rings (SSSR count). The lowest BCUT2D eigenvalue weighted by atomic mass is 9.92. The largest absolute Gasteiger partial charge is 0.496 e. The van der Waals surface area contributed by atoms with Crippen LogP contribution in [-0.2, 0) is 14.4 Å². The Balaban J connectivity index is 1.92. The SMILES string of the molecule is COC(=O)c1cc(C2=NOC3CC(C=O)CC23)ccc1OC. The third kappa shape index (κ3) is 2.34. The molecule has 1 aromatic rings. The van der Waals surface area contributed by atoms with E-state index in [0.29, 0.717) is 17.7 Å². The van der Waals surface area contributed by atoms with Crippen molar-refractivity contribution in [1.82, 2.24) is 0 Å². The van der Waals surface area contributed by atoms with Crippen LogP contribution in [-0.4, -0.2) is 38.3 Å². The molecule has 0 amide bonds. The molecule has 3 unspecified atom stereocenters. The molecule has 0 aromatic heterocycles. The third-order valence-corrected chi connectivity index (χ3v) is 4.27. The first-order valence-corrected chi connectivity index (χ1v) is 7.13. The van der Waals surface area contributed by atoms with E-state index in [4.69, 9.17) is 14.3 Å². The summed E-state index contributed by atoms with van der Waals surface area (Å²) < 4.78 is 9.97. The fourth-order valence-electron chi connectivity index (χ4n) is 3.15. The van der Waals surface area contributed by atoms with Gasteiger partial charge >= 0.3 is 5.97 Å². The maximum atomic E-state index is 11.9. The monoisotopic (exact) mass is 303 g/mol. The average Bonchev–Trinajstić information content (AvgIpc) is 3.13. The van der Waals surface area contributed by atoms with Gasteiger partial charge < -0.3 is 19.1 Å². The maximum absolute atomic E-state index is 11.9. The molecule has 3 atom stereocenters. The molecule has 1 heterocycles. The van der Waals surface area contributed by atoms with Crippen molar-refractivity contribution >= 4 is 18.0 Å². The van der Waals surface area contributed by atoms with Crippen molar-refractivity contribution < 1.29 is 23.9 Å². The number of hydrogen-bond donors (Lipinski definition) is 0. The summed E-state index contributed by atoms with van der Waals surface area (Å²) in [4.78, 5) is 28.3. The van der Waals surface area contributed by atoms with Crippen LogP contribution in [0.5, 0.6) is 5.75 Å². The lowest BCUT2D eigenvalue weighted by molar-refractivity contribution is -0.111. The van der Waals surface area contributed by atoms with Crippen molar-refractivity contribution in [2.75, 3.05) is 14.2 Å². The number of aldehydes is 1. The summed E-state index contributed by atoms with van der Waals surface area (Å²) in [6.45, 7) is 0. The van der Waals surface area contributed by atoms with Crippen LogP contribution in [0.3, 0.4) is 0 Å². The van der Waals surface area contributed by atoms with Crippen LogP contribution in [0.1, 0.15) is 28.8 Å². The van der Waals surface area contributed by atoms with Gasteiger partial charge in [-0.25, -0.2) is 4.79 Å². The van der Waals surface area contributed by atoms with Crippen LogP contribution < -0.4 is 4.74 Å². The van der Waals surface area contributed by atoms with Gasteiger partial charge in [0.2, 0.25) is 0 Å². The predicted octanol–water partition coefficient (Wildman–Crippen LogP) is 1.81. The number of esters is 1. The molecule has 116 valence electrons. The molecule has 0 radical (unpaired) electrons. The molecule has 0 N–H and O–H groups in total. The van der Waals surface area contributed by atoms with Crippen molar-refractivity contribution in [3.63, 3.8) is 0 Å². The van der Waals surface area contributed by atoms with Crippen molar-refractivity contribution in [3.8, 4) is 5.75 Å². The van der Waals surface area contributed by atoms with E-state index < -0.39 is 5.97 Å². The second-order valence-electron chi connectivity index (χ2n) is 5.50. The Morgan fingerprint density at radius 3 is 2.86 bits per heavy atom. The second-order valence-corrected chi connectivity index (χ2v) is 5.50. The van der Waals surface area contributed by atoms with Gasteiger partial charge in [-0.2, -0.15) is 0 Å². The maximum Gasteiger partial charge on any atom is 0.341 e. The quantitative estimate of drug-likeness (QED) is 0.626. The smallest absolute Gasteiger partial charge is 0.341 e. The van der Waals surface area contributed by atoms with Gasteiger partial charge in [-0.1, -0.05) is 5.16 Å². The van der Waals surface area contributed by atoms with E-state index in [-0.39, 0.29) is 17.9 Å². The molecule has 1 saturated carbocycles. The Kier molecular flexibility index (Phi) is 3.83. The second kappa shape index (κ2) is 5.79. The predicted molar refractivity (Wildman–Crippen MR) is 78.0 cm³/mol. The van der Waals surface area contributed by atoms with Gasteiger partial charge in [0.25, 0.3) is 0 Å². The van der Waals surface area contributed by atoms with Gasteiger partial charge in [-0.05, 0) is 31.0 Å². The third-order valence-electron chi connectivity index (χ3n) is 4.27. The van der Waals surface area contributed by atoms with E-state index in [9.17, 15) is 9.59 Å². The van der Waals surface area contributed by atoms with E-state index in [1.54, 1.807) is 12.1 Å². The molecule has 1 fully saturated rings. The van der Waals surface area contributed by atoms with Crippen molar-refractivity contribution in [1.29, 1.82) is 0 Å². The standard InChI is InChI=1S/C16H17NO5/c1-20-13-4-3-10(7-12(13)16(19)21-2)15-11-5-9(8-18)6-14(11)22-17-15/h3-4,7-9,11,14H,5-6H2,1-2H3. The highest BCUT2D eigenvalue weighted by atomic mass is 16.6. The van der Waals surface area contributed by atoms with Crippen molar-refractivity contribution in [2.45, 2.75) is 18.9 Å². The summed E-state index contributed by atoms with van der Waals surface area (Å²) in [5, 5.41) is 4.15. The first-order chi connectivity index (χ1) is 10.7. The van der Waals surface area contributed by atoms with Gasteiger partial charge in [0.15, 0.2) is 0 Å². The van der Waals surface area contributed by atoms with E-state index in [1.807, 2.05) is 6.07 Å². The first kappa shape index (κ1) is 14.6. The van der Waals surface area contributed by atoms with Gasteiger partial charge in [0, 0.05) is 17.4 Å². The molecule has 1 aromatic carbocycles. The van der Waals surface area contributed by atoms with Gasteiger partial charge in [-0.15, -0.1) is 0 Å². The Morgan fingerprint density at radius 1 is 1.36 bits per heavy atom. The number of fused-ring (bicyclic) bond motifs is 1. The zero-order chi connectivity index (χ0) is 15.7. The number of nitrogens with zero attached hydrogens (tertiary/aromatic N) is 1. The summed E-state index contributed by atoms with van der Waals surface area (Å²) in [5.41, 5.74) is 1.92. The molecular weight excluding hydrogens is 286 g/mol. The van der Waals surface area contributed by atoms with Crippen LogP contribution in [0.2, 0.25) is 0 Å². The topological polar surface area (TPSA) is 74.2 Å². The Hall–Kier alpha value is -2.37. The number of carbonyl (C=O) groups is 2. The summed E-state index contributed by atoms with van der Waals surface area (Å²) in [7, 11) is 2.83. The minimum Gasteiger partial charge on any atom is -0.496 e. The van der Waals surface area contributed by atoms with Gasteiger partial charge in [0.1, 0.15) is 23.7 Å². The fourth-order valence-corrected chi connectivity index (χ4v) is 3.15. The number of carbonyl (C=O) groups excluding carboxylic acids is 2. The van der Waals surface area contributed by atoms with Gasteiger partial charge in [0.05, 0.1) is 19.9 Å². The molecule has 0 spiro atoms. The molecule has 0 bridgehead atoms. The van der Waals surface area contributed by atoms with Crippen molar-refractivity contribution in [3.05, 3.63) is 29.3 Å². The number of oxime groups is 1. The molecular formula is C16H17NO5. The normalized spacial score (nSPS) is 25.9. The van der Waals surface area contributed by atoms with Gasteiger partial charge in [-0.3, -0.25) is 0 Å². The molecule has 22 heavy (non-hydrogen) atoms. The fraction of sp³-hybridized carbons (Fsp3) is 0.438. The van der Waals surface area contributed by atoms with Crippen LogP contribution >= 0.6 is 0 Å². The highest BCUT2D eigenvalue weighted by Gasteiger charge is 2.43. The number of ether oxygens (including phenoxy) is 2. The Labute approximate surface area is 128 Å². The molecule has 1 aliphatic heterocycles. The molecule has 6 nitrogen and oxygen atoms in total. The minimum atomic E-state index is -0.466. The number of methoxy groups -OCH3 is 2. The Bertz CT molecular complexity index is 639. The van der Waals surface area contributed by atoms with E-state index >= 15 is 0 Å². The molecule has 6 heteroatoms. The lowest BCUT2D eigenvalue weighted by Gasteiger charge is -2.12. The molecule has 1 aliphatic carbocycles. The van der Waals surface area contributed by atoms with Crippen LogP contribution in [0.15, 0.2) is 23.4 Å². The number of benzene rings is 1. The highest BCUT2D eigenvalue weighted by Crippen LogP contribution is 2.39. The Morgan fingerprint density at radius 2 is 2.18 bits per heavy atom. The summed E-state index contributed by atoms with van der Waals surface area (Å²) in [6.07, 6.45) is 2.36. The zero-order valence-electron chi connectivity index (χ0n) is 12.4. The minimum absolute atomic E-state index is 0.0128. The van der Waals surface area contributed by atoms with E-state index in [1.165, 1.54) is 14.2 Å². The van der Waals surface area contributed by atoms with Crippen LogP contribution in [0, 0.1) is 11.8 Å². The highest BCUT2D eigenvalue weighted by molar-refractivity contribution is 6.05. The summed E-state index contributed by atoms with van der Waals surface area (Å²) in [6, 6.07) is 5.25. The molecule has 2 aliphatic rings. The zero-order valence-corrected chi connectivity index (χ0v) is 12.4. The van der Waals surface area contributed by atoms with E-state index in [2.05, 4.69) is 5.16 Å². The summed E-state index contributed by atoms with van der Waals surface area (Å²) >= 11 is 0. The lowest BCUT2D eigenvalue weighted by Crippen LogP contribution is -2.18. The van der Waals surface area contributed by atoms with Crippen molar-refractivity contribution in [2.24, 2.45) is 17.0 Å².